The number of tetrazole rings is 1. The van der Waals surface area contributed by atoms with Gasteiger partial charge in [0.15, 0.2) is 0 Å². The summed E-state index contributed by atoms with van der Waals surface area (Å²) in [6.45, 7) is 4.59. The maximum absolute atomic E-state index is 12.4. The highest BCUT2D eigenvalue weighted by atomic mass is 16.5. The normalized spacial score (nSPS) is 17.4. The van der Waals surface area contributed by atoms with Crippen molar-refractivity contribution in [1.29, 1.82) is 0 Å². The minimum absolute atomic E-state index is 0.144. The molecule has 1 unspecified atom stereocenters. The second-order valence-electron chi connectivity index (χ2n) is 7.50. The molecule has 1 aliphatic rings. The molecule has 1 saturated heterocycles. The number of nitrogens with zero attached hydrogens (tertiary/aromatic N) is 6. The Morgan fingerprint density at radius 1 is 1.29 bits per heavy atom. The van der Waals surface area contributed by atoms with E-state index in [2.05, 4.69) is 32.6 Å². The van der Waals surface area contributed by atoms with E-state index in [4.69, 9.17) is 4.74 Å². The number of hydrogen-bond acceptors (Lipinski definition) is 6. The van der Waals surface area contributed by atoms with Crippen LogP contribution in [0.2, 0.25) is 0 Å². The highest BCUT2D eigenvalue weighted by Crippen LogP contribution is 2.19. The van der Waals surface area contributed by atoms with E-state index >= 15 is 0 Å². The van der Waals surface area contributed by atoms with Crippen molar-refractivity contribution >= 4 is 5.91 Å². The Hall–Kier alpha value is -2.48. The molecule has 0 radical (unpaired) electrons. The average Bonchev–Trinajstić information content (AvgIpc) is 3.25. The number of carbonyl (C=O) groups excluding carboxylic acids is 1. The third-order valence-electron chi connectivity index (χ3n) is 5.38. The fraction of sp³-hybridized carbons (Fsp3) is 0.600. The molecule has 0 aliphatic carbocycles. The molecular weight excluding hydrogens is 356 g/mol. The smallest absolute Gasteiger partial charge is 0.224 e. The highest BCUT2D eigenvalue weighted by molar-refractivity contribution is 5.75. The quantitative estimate of drug-likeness (QED) is 0.650. The predicted molar refractivity (Wildman–Crippen MR) is 106 cm³/mol. The summed E-state index contributed by atoms with van der Waals surface area (Å²) in [4.78, 5) is 16.8. The zero-order valence-electron chi connectivity index (χ0n) is 16.8. The van der Waals surface area contributed by atoms with Gasteiger partial charge in [-0.2, -0.15) is 0 Å². The molecule has 28 heavy (non-hydrogen) atoms. The molecule has 2 aromatic rings. The second kappa shape index (κ2) is 10.2. The second-order valence-corrected chi connectivity index (χ2v) is 7.50. The van der Waals surface area contributed by atoms with Crippen LogP contribution in [0.25, 0.3) is 0 Å². The van der Waals surface area contributed by atoms with E-state index in [0.717, 1.165) is 38.3 Å². The van der Waals surface area contributed by atoms with Gasteiger partial charge in [0.05, 0.1) is 13.7 Å². The Morgan fingerprint density at radius 3 is 2.82 bits per heavy atom. The van der Waals surface area contributed by atoms with E-state index in [1.807, 2.05) is 24.1 Å². The largest absolute Gasteiger partial charge is 0.497 e. The Balaban J connectivity index is 1.40. The molecule has 0 spiro atoms. The van der Waals surface area contributed by atoms with Gasteiger partial charge in [-0.05, 0) is 59.8 Å². The lowest BCUT2D eigenvalue weighted by molar-refractivity contribution is -0.131. The third kappa shape index (κ3) is 6.02. The number of hydrogen-bond donors (Lipinski definition) is 0. The minimum Gasteiger partial charge on any atom is -0.497 e. The van der Waals surface area contributed by atoms with E-state index in [1.54, 1.807) is 11.8 Å². The number of rotatable bonds is 9. The number of benzene rings is 1. The SMILES string of the molecule is COc1ccc(CCN2CCCC(CN(C)C(=O)CCn3cnnn3)C2)cc1. The van der Waals surface area contributed by atoms with E-state index in [-0.39, 0.29) is 5.91 Å². The van der Waals surface area contributed by atoms with E-state index in [0.29, 0.717) is 18.9 Å². The molecule has 1 aliphatic heterocycles. The Morgan fingerprint density at radius 2 is 2.11 bits per heavy atom. The summed E-state index contributed by atoms with van der Waals surface area (Å²) in [7, 11) is 3.59. The summed E-state index contributed by atoms with van der Waals surface area (Å²) in [5.41, 5.74) is 1.33. The van der Waals surface area contributed by atoms with Crippen molar-refractivity contribution in [3.05, 3.63) is 36.2 Å². The Bertz CT molecular complexity index is 719. The van der Waals surface area contributed by atoms with Crippen LogP contribution >= 0.6 is 0 Å². The molecule has 1 aromatic heterocycles. The number of amides is 1. The van der Waals surface area contributed by atoms with E-state index < -0.39 is 0 Å². The summed E-state index contributed by atoms with van der Waals surface area (Å²) in [5.74, 6) is 1.58. The number of piperidine rings is 1. The van der Waals surface area contributed by atoms with Gasteiger partial charge in [-0.15, -0.1) is 5.10 Å². The summed E-state index contributed by atoms with van der Waals surface area (Å²) < 4.78 is 6.81. The number of carbonyl (C=O) groups is 1. The van der Waals surface area contributed by atoms with Gasteiger partial charge in [-0.1, -0.05) is 12.1 Å². The van der Waals surface area contributed by atoms with Crippen molar-refractivity contribution in [3.8, 4) is 5.75 Å². The molecule has 8 nitrogen and oxygen atoms in total. The van der Waals surface area contributed by atoms with Gasteiger partial charge in [-0.25, -0.2) is 4.68 Å². The molecule has 0 bridgehead atoms. The van der Waals surface area contributed by atoms with Crippen LogP contribution in [0.4, 0.5) is 0 Å². The first-order chi connectivity index (χ1) is 13.6. The van der Waals surface area contributed by atoms with Gasteiger partial charge >= 0.3 is 0 Å². The van der Waals surface area contributed by atoms with Crippen molar-refractivity contribution in [2.75, 3.05) is 40.3 Å². The minimum atomic E-state index is 0.144. The number of ether oxygens (including phenoxy) is 1. The lowest BCUT2D eigenvalue weighted by Crippen LogP contribution is -2.42. The van der Waals surface area contributed by atoms with Gasteiger partial charge in [0.25, 0.3) is 0 Å². The first-order valence-corrected chi connectivity index (χ1v) is 9.94. The number of methoxy groups -OCH3 is 1. The van der Waals surface area contributed by atoms with Crippen LogP contribution in [0.5, 0.6) is 5.75 Å². The summed E-state index contributed by atoms with van der Waals surface area (Å²) in [6, 6.07) is 8.31. The third-order valence-corrected chi connectivity index (χ3v) is 5.38. The van der Waals surface area contributed by atoms with Crippen LogP contribution in [0, 0.1) is 5.92 Å². The molecule has 1 amide bonds. The monoisotopic (exact) mass is 386 g/mol. The zero-order chi connectivity index (χ0) is 19.8. The number of likely N-dealkylation sites (tertiary alicyclic amines) is 1. The van der Waals surface area contributed by atoms with Crippen molar-refractivity contribution in [1.82, 2.24) is 30.0 Å². The maximum atomic E-state index is 12.4. The number of aromatic nitrogens is 4. The molecule has 8 heteroatoms. The molecule has 2 heterocycles. The molecule has 0 N–H and O–H groups in total. The topological polar surface area (TPSA) is 76.4 Å². The van der Waals surface area contributed by atoms with E-state index in [1.165, 1.54) is 24.7 Å². The maximum Gasteiger partial charge on any atom is 0.224 e. The highest BCUT2D eigenvalue weighted by Gasteiger charge is 2.22. The van der Waals surface area contributed by atoms with Crippen molar-refractivity contribution in [3.63, 3.8) is 0 Å². The molecule has 3 rings (SSSR count). The lowest BCUT2D eigenvalue weighted by atomic mass is 9.97. The van der Waals surface area contributed by atoms with Crippen molar-refractivity contribution < 1.29 is 9.53 Å². The fourth-order valence-electron chi connectivity index (χ4n) is 3.76. The van der Waals surface area contributed by atoms with Gasteiger partial charge in [0.2, 0.25) is 5.91 Å². The first kappa shape index (κ1) is 20.3. The first-order valence-electron chi connectivity index (χ1n) is 9.94. The van der Waals surface area contributed by atoms with Gasteiger partial charge < -0.3 is 14.5 Å². The van der Waals surface area contributed by atoms with Crippen LogP contribution in [-0.4, -0.2) is 76.3 Å². The standard InChI is InChI=1S/C20H30N6O2/c1-24(20(27)10-13-26-16-21-22-23-26)14-18-4-3-11-25(15-18)12-9-17-5-7-19(28-2)8-6-17/h5-8,16,18H,3-4,9-15H2,1-2H3. The van der Waals surface area contributed by atoms with Gasteiger partial charge in [0.1, 0.15) is 12.1 Å². The van der Waals surface area contributed by atoms with Gasteiger partial charge in [0, 0.05) is 33.1 Å². The van der Waals surface area contributed by atoms with Crippen LogP contribution in [0.15, 0.2) is 30.6 Å². The van der Waals surface area contributed by atoms with Crippen molar-refractivity contribution in [2.24, 2.45) is 5.92 Å². The Labute approximate surface area is 166 Å². The van der Waals surface area contributed by atoms with Crippen LogP contribution in [-0.2, 0) is 17.8 Å². The van der Waals surface area contributed by atoms with Crippen LogP contribution < -0.4 is 4.74 Å². The lowest BCUT2D eigenvalue weighted by Gasteiger charge is -2.34. The molecule has 0 saturated carbocycles. The number of aryl methyl sites for hydroxylation is 1. The predicted octanol–water partition coefficient (Wildman–Crippen LogP) is 1.48. The fourth-order valence-corrected chi connectivity index (χ4v) is 3.76. The average molecular weight is 387 g/mol. The van der Waals surface area contributed by atoms with E-state index in [9.17, 15) is 4.79 Å². The van der Waals surface area contributed by atoms with Gasteiger partial charge in [-0.3, -0.25) is 4.79 Å². The van der Waals surface area contributed by atoms with Crippen molar-refractivity contribution in [2.45, 2.75) is 32.2 Å². The molecule has 1 fully saturated rings. The zero-order valence-corrected chi connectivity index (χ0v) is 16.8. The van der Waals surface area contributed by atoms with Crippen LogP contribution in [0.1, 0.15) is 24.8 Å². The Kier molecular flexibility index (Phi) is 7.36. The molecule has 152 valence electrons. The summed E-state index contributed by atoms with van der Waals surface area (Å²) in [5, 5.41) is 11.0. The molecular formula is C20H30N6O2. The summed E-state index contributed by atoms with van der Waals surface area (Å²) >= 11 is 0. The molecule has 1 atom stereocenters. The summed E-state index contributed by atoms with van der Waals surface area (Å²) in [6.07, 6.45) is 5.38. The molecule has 1 aromatic carbocycles. The van der Waals surface area contributed by atoms with Crippen LogP contribution in [0.3, 0.4) is 0 Å².